The van der Waals surface area contributed by atoms with Crippen LogP contribution in [0.5, 0.6) is 0 Å². The number of aromatic nitrogens is 3. The minimum Gasteiger partial charge on any atom is -0.348 e. The van der Waals surface area contributed by atoms with E-state index in [1.165, 1.54) is 5.56 Å². The summed E-state index contributed by atoms with van der Waals surface area (Å²) in [6, 6.07) is 10.6. The largest absolute Gasteiger partial charge is 0.348 e. The van der Waals surface area contributed by atoms with Crippen LogP contribution in [0.1, 0.15) is 46.7 Å². The van der Waals surface area contributed by atoms with Gasteiger partial charge in [0.2, 0.25) is 0 Å². The zero-order chi connectivity index (χ0) is 20.4. The van der Waals surface area contributed by atoms with Crippen molar-refractivity contribution in [3.8, 4) is 0 Å². The molecule has 0 atom stereocenters. The first-order valence-corrected chi connectivity index (χ1v) is 9.64. The SMILES string of the molecule is Cc1nc2c(cc1C(=O)NCc1ccccc1CN(C)C(C)C)c(C)nn2C. The van der Waals surface area contributed by atoms with E-state index in [9.17, 15) is 4.79 Å². The monoisotopic (exact) mass is 379 g/mol. The summed E-state index contributed by atoms with van der Waals surface area (Å²) in [5, 5.41) is 8.38. The summed E-state index contributed by atoms with van der Waals surface area (Å²) < 4.78 is 1.75. The minimum atomic E-state index is -0.109. The molecule has 28 heavy (non-hydrogen) atoms. The predicted octanol–water partition coefficient (Wildman–Crippen LogP) is 3.36. The molecule has 3 aromatic rings. The number of aryl methyl sites for hydroxylation is 3. The Hall–Kier alpha value is -2.73. The van der Waals surface area contributed by atoms with E-state index in [-0.39, 0.29) is 5.91 Å². The molecule has 0 bridgehead atoms. The van der Waals surface area contributed by atoms with E-state index in [0.29, 0.717) is 23.8 Å². The normalized spacial score (nSPS) is 11.6. The second-order valence-corrected chi connectivity index (χ2v) is 7.66. The van der Waals surface area contributed by atoms with Gasteiger partial charge in [0.15, 0.2) is 5.65 Å². The Morgan fingerprint density at radius 1 is 1.18 bits per heavy atom. The van der Waals surface area contributed by atoms with Crippen LogP contribution in [0.25, 0.3) is 11.0 Å². The lowest BCUT2D eigenvalue weighted by molar-refractivity contribution is 0.0950. The molecule has 3 rings (SSSR count). The quantitative estimate of drug-likeness (QED) is 0.713. The van der Waals surface area contributed by atoms with Crippen molar-refractivity contribution in [1.29, 1.82) is 0 Å². The van der Waals surface area contributed by atoms with Gasteiger partial charge in [0.25, 0.3) is 5.91 Å². The van der Waals surface area contributed by atoms with E-state index >= 15 is 0 Å². The van der Waals surface area contributed by atoms with Crippen molar-refractivity contribution < 1.29 is 4.79 Å². The first-order valence-electron chi connectivity index (χ1n) is 9.64. The Bertz CT molecular complexity index is 1010. The lowest BCUT2D eigenvalue weighted by Crippen LogP contribution is -2.28. The molecule has 2 heterocycles. The van der Waals surface area contributed by atoms with E-state index in [2.05, 4.69) is 53.3 Å². The minimum absolute atomic E-state index is 0.109. The van der Waals surface area contributed by atoms with Crippen molar-refractivity contribution in [2.45, 2.75) is 46.8 Å². The summed E-state index contributed by atoms with van der Waals surface area (Å²) in [4.78, 5) is 19.7. The highest BCUT2D eigenvalue weighted by Gasteiger charge is 2.16. The first-order chi connectivity index (χ1) is 13.3. The number of hydrogen-bond donors (Lipinski definition) is 1. The van der Waals surface area contributed by atoms with Crippen LogP contribution in [0.4, 0.5) is 0 Å². The number of fused-ring (bicyclic) bond motifs is 1. The van der Waals surface area contributed by atoms with Crippen molar-refractivity contribution in [3.05, 3.63) is 58.4 Å². The Balaban J connectivity index is 1.79. The van der Waals surface area contributed by atoms with Crippen molar-refractivity contribution in [2.24, 2.45) is 7.05 Å². The maximum Gasteiger partial charge on any atom is 0.253 e. The van der Waals surface area contributed by atoms with Crippen molar-refractivity contribution >= 4 is 16.9 Å². The average molecular weight is 380 g/mol. The fourth-order valence-electron chi connectivity index (χ4n) is 3.27. The molecule has 6 nitrogen and oxygen atoms in total. The summed E-state index contributed by atoms with van der Waals surface area (Å²) >= 11 is 0. The van der Waals surface area contributed by atoms with Gasteiger partial charge in [-0.25, -0.2) is 4.98 Å². The molecule has 1 amide bonds. The lowest BCUT2D eigenvalue weighted by atomic mass is 10.1. The molecule has 0 radical (unpaired) electrons. The van der Waals surface area contributed by atoms with Gasteiger partial charge in [-0.3, -0.25) is 14.4 Å². The number of carbonyl (C=O) groups is 1. The summed E-state index contributed by atoms with van der Waals surface area (Å²) in [5.74, 6) is -0.109. The van der Waals surface area contributed by atoms with E-state index < -0.39 is 0 Å². The number of nitrogens with one attached hydrogen (secondary N) is 1. The number of nitrogens with zero attached hydrogens (tertiary/aromatic N) is 4. The van der Waals surface area contributed by atoms with E-state index in [4.69, 9.17) is 0 Å². The molecule has 0 aliphatic heterocycles. The molecule has 1 aromatic carbocycles. The molecule has 0 spiro atoms. The Labute approximate surface area is 166 Å². The third kappa shape index (κ3) is 4.07. The number of carbonyl (C=O) groups excluding carboxylic acids is 1. The van der Waals surface area contributed by atoms with Crippen molar-refractivity contribution in [1.82, 2.24) is 25.0 Å². The maximum atomic E-state index is 12.9. The van der Waals surface area contributed by atoms with Gasteiger partial charge in [-0.1, -0.05) is 24.3 Å². The van der Waals surface area contributed by atoms with Crippen LogP contribution in [0.3, 0.4) is 0 Å². The van der Waals surface area contributed by atoms with Crippen LogP contribution in [-0.2, 0) is 20.1 Å². The molecule has 0 fully saturated rings. The molecule has 0 aliphatic carbocycles. The fourth-order valence-corrected chi connectivity index (χ4v) is 3.27. The highest BCUT2D eigenvalue weighted by atomic mass is 16.1. The van der Waals surface area contributed by atoms with Crippen LogP contribution in [0, 0.1) is 13.8 Å². The Morgan fingerprint density at radius 2 is 1.86 bits per heavy atom. The van der Waals surface area contributed by atoms with E-state index in [0.717, 1.165) is 28.8 Å². The first kappa shape index (κ1) is 20.0. The van der Waals surface area contributed by atoms with Gasteiger partial charge in [-0.2, -0.15) is 5.10 Å². The standard InChI is InChI=1S/C22H29N5O/c1-14(2)26(5)13-18-10-8-7-9-17(18)12-23-22(28)20-11-19-16(4)25-27(6)21(19)24-15(20)3/h7-11,14H,12-13H2,1-6H3,(H,23,28). The summed E-state index contributed by atoms with van der Waals surface area (Å²) in [6.45, 7) is 9.49. The van der Waals surface area contributed by atoms with Gasteiger partial charge in [-0.05, 0) is 51.9 Å². The number of rotatable bonds is 6. The molecule has 0 aliphatic rings. The zero-order valence-electron chi connectivity index (χ0n) is 17.6. The number of pyridine rings is 1. The Morgan fingerprint density at radius 3 is 2.54 bits per heavy atom. The molecular weight excluding hydrogens is 350 g/mol. The highest BCUT2D eigenvalue weighted by molar-refractivity contribution is 5.98. The van der Waals surface area contributed by atoms with E-state index in [1.807, 2.05) is 39.1 Å². The number of benzene rings is 1. The molecule has 0 saturated carbocycles. The third-order valence-corrected chi connectivity index (χ3v) is 5.29. The molecule has 0 unspecified atom stereocenters. The molecule has 1 N–H and O–H groups in total. The third-order valence-electron chi connectivity index (χ3n) is 5.29. The van der Waals surface area contributed by atoms with Crippen LogP contribution in [0.2, 0.25) is 0 Å². The smallest absolute Gasteiger partial charge is 0.253 e. The number of amides is 1. The molecule has 6 heteroatoms. The Kier molecular flexibility index (Phi) is 5.79. The predicted molar refractivity (Wildman–Crippen MR) is 112 cm³/mol. The van der Waals surface area contributed by atoms with Gasteiger partial charge in [-0.15, -0.1) is 0 Å². The van der Waals surface area contributed by atoms with E-state index in [1.54, 1.807) is 4.68 Å². The van der Waals surface area contributed by atoms with Crippen LogP contribution in [-0.4, -0.2) is 38.7 Å². The summed E-state index contributed by atoms with van der Waals surface area (Å²) in [6.07, 6.45) is 0. The number of hydrogen-bond acceptors (Lipinski definition) is 4. The van der Waals surface area contributed by atoms with Gasteiger partial charge >= 0.3 is 0 Å². The molecule has 0 saturated heterocycles. The zero-order valence-corrected chi connectivity index (χ0v) is 17.6. The topological polar surface area (TPSA) is 63.1 Å². The second kappa shape index (κ2) is 8.10. The van der Waals surface area contributed by atoms with Gasteiger partial charge < -0.3 is 5.32 Å². The van der Waals surface area contributed by atoms with Crippen LogP contribution in [0.15, 0.2) is 30.3 Å². The molecule has 2 aromatic heterocycles. The summed E-state index contributed by atoms with van der Waals surface area (Å²) in [5.41, 5.74) is 5.34. The fraction of sp³-hybridized carbons (Fsp3) is 0.409. The van der Waals surface area contributed by atoms with Gasteiger partial charge in [0.1, 0.15) is 0 Å². The van der Waals surface area contributed by atoms with Gasteiger partial charge in [0.05, 0.1) is 17.0 Å². The average Bonchev–Trinajstić information content (AvgIpc) is 2.93. The van der Waals surface area contributed by atoms with Crippen LogP contribution < -0.4 is 5.32 Å². The lowest BCUT2D eigenvalue weighted by Gasteiger charge is -2.22. The second-order valence-electron chi connectivity index (χ2n) is 7.66. The van der Waals surface area contributed by atoms with Gasteiger partial charge in [0, 0.05) is 31.6 Å². The highest BCUT2D eigenvalue weighted by Crippen LogP contribution is 2.19. The molecule has 148 valence electrons. The van der Waals surface area contributed by atoms with Crippen molar-refractivity contribution in [2.75, 3.05) is 7.05 Å². The summed E-state index contributed by atoms with van der Waals surface area (Å²) in [7, 11) is 3.98. The maximum absolute atomic E-state index is 12.9. The van der Waals surface area contributed by atoms with Crippen molar-refractivity contribution in [3.63, 3.8) is 0 Å². The molecular formula is C22H29N5O. The van der Waals surface area contributed by atoms with Crippen LogP contribution >= 0.6 is 0 Å².